The lowest BCUT2D eigenvalue weighted by Crippen LogP contribution is -1.93. The third-order valence-corrected chi connectivity index (χ3v) is 10.8. The second-order valence-corrected chi connectivity index (χ2v) is 13.6. The Kier molecular flexibility index (Phi) is 5.47. The maximum absolute atomic E-state index is 6.79. The molecule has 0 amide bonds. The monoisotopic (exact) mass is 665 g/mol. The van der Waals surface area contributed by atoms with Crippen LogP contribution in [0.2, 0.25) is 0 Å². The fourth-order valence-corrected chi connectivity index (χ4v) is 8.40. The summed E-state index contributed by atoms with van der Waals surface area (Å²) in [6, 6.07) is 57.8. The van der Waals surface area contributed by atoms with Crippen molar-refractivity contribution < 1.29 is 13.3 Å². The number of furan rings is 3. The minimum atomic E-state index is 0.757. The zero-order valence-electron chi connectivity index (χ0n) is 27.8. The molecule has 4 heteroatoms. The van der Waals surface area contributed by atoms with Crippen LogP contribution >= 0.6 is 0 Å². The van der Waals surface area contributed by atoms with E-state index in [9.17, 15) is 0 Å². The smallest absolute Gasteiger partial charge is 0.178 e. The Morgan fingerprint density at radius 1 is 0.308 bits per heavy atom. The van der Waals surface area contributed by atoms with E-state index in [4.69, 9.17) is 13.3 Å². The molecule has 8 aromatic carbocycles. The second kappa shape index (κ2) is 10.3. The molecule has 4 nitrogen and oxygen atoms in total. The predicted molar refractivity (Wildman–Crippen MR) is 213 cm³/mol. The molecule has 0 saturated carbocycles. The summed E-state index contributed by atoms with van der Waals surface area (Å²) in [5.41, 5.74) is 12.8. The van der Waals surface area contributed by atoms with E-state index < -0.39 is 0 Å². The molecule has 4 aromatic heterocycles. The second-order valence-electron chi connectivity index (χ2n) is 13.6. The maximum Gasteiger partial charge on any atom is 0.178 e. The summed E-state index contributed by atoms with van der Waals surface area (Å²) in [6.07, 6.45) is 0. The molecule has 0 aliphatic carbocycles. The van der Waals surface area contributed by atoms with E-state index in [2.05, 4.69) is 150 Å². The van der Waals surface area contributed by atoms with Crippen LogP contribution in [0.15, 0.2) is 177 Å². The minimum absolute atomic E-state index is 0.757. The molecule has 0 bridgehead atoms. The fourth-order valence-electron chi connectivity index (χ4n) is 8.40. The lowest BCUT2D eigenvalue weighted by molar-refractivity contribution is 0.633. The van der Waals surface area contributed by atoms with Crippen LogP contribution in [0.5, 0.6) is 0 Å². The van der Waals surface area contributed by atoms with E-state index in [1.807, 2.05) is 18.2 Å². The van der Waals surface area contributed by atoms with Crippen molar-refractivity contribution in [3.63, 3.8) is 0 Å². The summed E-state index contributed by atoms with van der Waals surface area (Å²) >= 11 is 0. The summed E-state index contributed by atoms with van der Waals surface area (Å²) < 4.78 is 22.1. The quantitative estimate of drug-likeness (QED) is 0.189. The number of rotatable bonds is 3. The highest BCUT2D eigenvalue weighted by atomic mass is 16.4. The highest BCUT2D eigenvalue weighted by molar-refractivity contribution is 6.21. The molecule has 0 spiro atoms. The van der Waals surface area contributed by atoms with Gasteiger partial charge in [0.1, 0.15) is 22.3 Å². The highest BCUT2D eigenvalue weighted by Crippen LogP contribution is 2.43. The Balaban J connectivity index is 1.03. The summed E-state index contributed by atoms with van der Waals surface area (Å²) in [5.74, 6) is 0. The van der Waals surface area contributed by atoms with Crippen molar-refractivity contribution in [3.05, 3.63) is 164 Å². The summed E-state index contributed by atoms with van der Waals surface area (Å²) in [5, 5.41) is 8.86. The summed E-state index contributed by atoms with van der Waals surface area (Å²) in [7, 11) is 0. The molecule has 0 N–H and O–H groups in total. The lowest BCUT2D eigenvalue weighted by atomic mass is 10.0. The van der Waals surface area contributed by atoms with Crippen LogP contribution in [0.4, 0.5) is 0 Å². The van der Waals surface area contributed by atoms with E-state index in [1.54, 1.807) is 0 Å². The van der Waals surface area contributed by atoms with Gasteiger partial charge in [0.25, 0.3) is 0 Å². The van der Waals surface area contributed by atoms with Gasteiger partial charge < -0.3 is 17.8 Å². The van der Waals surface area contributed by atoms with Gasteiger partial charge in [0.2, 0.25) is 0 Å². The zero-order chi connectivity index (χ0) is 33.9. The topological polar surface area (TPSA) is 44.4 Å². The molecule has 0 radical (unpaired) electrons. The van der Waals surface area contributed by atoms with Crippen molar-refractivity contribution in [2.24, 2.45) is 0 Å². The summed E-state index contributed by atoms with van der Waals surface area (Å²) in [4.78, 5) is 0. The van der Waals surface area contributed by atoms with E-state index >= 15 is 0 Å². The Morgan fingerprint density at radius 3 is 1.87 bits per heavy atom. The fraction of sp³-hybridized carbons (Fsp3) is 0. The van der Waals surface area contributed by atoms with Crippen LogP contribution in [0, 0.1) is 0 Å². The van der Waals surface area contributed by atoms with Gasteiger partial charge in [-0.2, -0.15) is 0 Å². The number of fused-ring (bicyclic) bond motifs is 13. The zero-order valence-corrected chi connectivity index (χ0v) is 27.8. The molecule has 52 heavy (non-hydrogen) atoms. The first kappa shape index (κ1) is 27.7. The van der Waals surface area contributed by atoms with Crippen LogP contribution < -0.4 is 0 Å². The van der Waals surface area contributed by atoms with Crippen molar-refractivity contribution in [1.29, 1.82) is 0 Å². The van der Waals surface area contributed by atoms with E-state index in [1.165, 1.54) is 21.9 Å². The number of para-hydroxylation sites is 3. The van der Waals surface area contributed by atoms with E-state index in [0.29, 0.717) is 0 Å². The van der Waals surface area contributed by atoms with Gasteiger partial charge in [-0.1, -0.05) is 97.1 Å². The van der Waals surface area contributed by atoms with Crippen molar-refractivity contribution in [1.82, 2.24) is 4.57 Å². The molecule has 242 valence electrons. The number of nitrogens with zero attached hydrogens (tertiary/aromatic N) is 1. The molecule has 0 unspecified atom stereocenters. The average molecular weight is 666 g/mol. The molecule has 0 aliphatic rings. The van der Waals surface area contributed by atoms with Crippen LogP contribution in [0.25, 0.3) is 116 Å². The molecule has 12 rings (SSSR count). The lowest BCUT2D eigenvalue weighted by Gasteiger charge is -2.08. The molecule has 12 aromatic rings. The average Bonchev–Trinajstić information content (AvgIpc) is 3.96. The first-order valence-corrected chi connectivity index (χ1v) is 17.6. The van der Waals surface area contributed by atoms with Gasteiger partial charge >= 0.3 is 0 Å². The molecule has 0 saturated heterocycles. The molecular formula is C48H27NO3. The summed E-state index contributed by atoms with van der Waals surface area (Å²) in [6.45, 7) is 0. The van der Waals surface area contributed by atoms with Gasteiger partial charge in [-0.05, 0) is 77.4 Å². The first-order chi connectivity index (χ1) is 25.8. The Bertz CT molecular complexity index is 3410. The normalized spacial score (nSPS) is 12.2. The minimum Gasteiger partial charge on any atom is -0.456 e. The molecule has 0 fully saturated rings. The van der Waals surface area contributed by atoms with Gasteiger partial charge in [0, 0.05) is 60.4 Å². The van der Waals surface area contributed by atoms with Gasteiger partial charge in [-0.3, -0.25) is 0 Å². The van der Waals surface area contributed by atoms with Crippen molar-refractivity contribution in [2.75, 3.05) is 0 Å². The van der Waals surface area contributed by atoms with Gasteiger partial charge in [-0.15, -0.1) is 0 Å². The maximum atomic E-state index is 6.79. The highest BCUT2D eigenvalue weighted by Gasteiger charge is 2.20. The predicted octanol–water partition coefficient (Wildman–Crippen LogP) is 13.8. The van der Waals surface area contributed by atoms with Crippen LogP contribution in [-0.2, 0) is 0 Å². The third kappa shape index (κ3) is 3.81. The van der Waals surface area contributed by atoms with Gasteiger partial charge in [-0.25, -0.2) is 0 Å². The van der Waals surface area contributed by atoms with E-state index in [0.717, 1.165) is 93.7 Å². The standard InChI is InChI=1S/C48H27NO3/c1-2-9-28(10-3-1)29-18-24-42-40(25-29)33-11-4-6-15-41(33)49(42)31-19-21-36-38-22-23-39-37-14-8-13-32(46(37)52-48(39)47(38)51-45(36)27-31)30-17-20-35-34-12-5-7-16-43(34)50-44(35)26-30/h1-27H. The number of aromatic nitrogens is 1. The van der Waals surface area contributed by atoms with Crippen molar-refractivity contribution >= 4 is 87.6 Å². The molecular weight excluding hydrogens is 639 g/mol. The Morgan fingerprint density at radius 2 is 0.942 bits per heavy atom. The number of hydrogen-bond donors (Lipinski definition) is 0. The van der Waals surface area contributed by atoms with Gasteiger partial charge in [0.15, 0.2) is 11.2 Å². The van der Waals surface area contributed by atoms with Crippen molar-refractivity contribution in [2.45, 2.75) is 0 Å². The van der Waals surface area contributed by atoms with Crippen LogP contribution in [-0.4, -0.2) is 4.57 Å². The number of benzene rings is 8. The van der Waals surface area contributed by atoms with E-state index in [-0.39, 0.29) is 0 Å². The van der Waals surface area contributed by atoms with Gasteiger partial charge in [0.05, 0.1) is 11.0 Å². The van der Waals surface area contributed by atoms with Crippen LogP contribution in [0.1, 0.15) is 0 Å². The first-order valence-electron chi connectivity index (χ1n) is 17.6. The Hall–Kier alpha value is -7.04. The Labute approximate surface area is 296 Å². The SMILES string of the molecule is c1ccc(-c2ccc3c(c2)c2ccccc2n3-c2ccc3c(c2)oc2c3ccc3c4cccc(-c5ccc6c(c5)oc5ccccc56)c4oc32)cc1. The molecule has 0 aliphatic heterocycles. The molecule has 4 heterocycles. The van der Waals surface area contributed by atoms with Crippen molar-refractivity contribution in [3.8, 4) is 27.9 Å². The third-order valence-electron chi connectivity index (χ3n) is 10.8. The molecule has 0 atom stereocenters. The van der Waals surface area contributed by atoms with Crippen LogP contribution in [0.3, 0.4) is 0 Å². The number of hydrogen-bond acceptors (Lipinski definition) is 3. The largest absolute Gasteiger partial charge is 0.456 e.